The average molecular weight is 387 g/mol. The first-order chi connectivity index (χ1) is 14.1. The van der Waals surface area contributed by atoms with Crippen LogP contribution in [0.25, 0.3) is 22.2 Å². The molecule has 0 bridgehead atoms. The number of aryl methyl sites for hydroxylation is 2. The number of rotatable bonds is 4. The zero-order valence-electron chi connectivity index (χ0n) is 15.7. The number of aromatic nitrogens is 3. The summed E-state index contributed by atoms with van der Waals surface area (Å²) in [4.78, 5) is 43.0. The molecule has 0 spiro atoms. The highest BCUT2D eigenvalue weighted by molar-refractivity contribution is 6.54. The van der Waals surface area contributed by atoms with E-state index in [0.29, 0.717) is 47.5 Å². The number of Topliss-reactive ketones (excluding diaryl/α,β-unsaturated/α-hetero) is 2. The summed E-state index contributed by atoms with van der Waals surface area (Å²) in [5.74, 6) is -0.381. The summed E-state index contributed by atoms with van der Waals surface area (Å²) >= 11 is 0. The fourth-order valence-electron chi connectivity index (χ4n) is 4.00. The molecule has 3 aromatic heterocycles. The second-order valence-electron chi connectivity index (χ2n) is 7.14. The number of imidazole rings is 1. The molecule has 0 N–H and O–H groups in total. The standard InChI is InChI=1S/C22H17N3O4/c1-13-11-16-19(26)20(27)17-14-5-2-3-6-15(14)22(28)25(18(17)21(16)29-13)9-4-8-24-10-7-23-12-24/h2-3,5-7,10-12H,4,8-9H2,1H3. The van der Waals surface area contributed by atoms with E-state index in [1.165, 1.54) is 0 Å². The fourth-order valence-corrected chi connectivity index (χ4v) is 4.00. The van der Waals surface area contributed by atoms with Gasteiger partial charge in [0.2, 0.25) is 11.6 Å². The Balaban J connectivity index is 1.75. The number of fused-ring (bicyclic) bond motifs is 5. The van der Waals surface area contributed by atoms with Crippen molar-refractivity contribution in [1.82, 2.24) is 14.1 Å². The molecule has 7 nitrogen and oxygen atoms in total. The van der Waals surface area contributed by atoms with Crippen molar-refractivity contribution in [1.29, 1.82) is 0 Å². The highest BCUT2D eigenvalue weighted by atomic mass is 16.3. The van der Waals surface area contributed by atoms with E-state index in [9.17, 15) is 14.4 Å². The third-order valence-electron chi connectivity index (χ3n) is 5.28. The molecular weight excluding hydrogens is 370 g/mol. The Morgan fingerprint density at radius 1 is 1.03 bits per heavy atom. The topological polar surface area (TPSA) is 87.1 Å². The number of carbonyl (C=O) groups is 2. The Morgan fingerprint density at radius 2 is 1.83 bits per heavy atom. The van der Waals surface area contributed by atoms with Crippen molar-refractivity contribution in [3.8, 4) is 11.5 Å². The Labute approximate surface area is 165 Å². The van der Waals surface area contributed by atoms with Gasteiger partial charge in [-0.15, -0.1) is 0 Å². The lowest BCUT2D eigenvalue weighted by Crippen LogP contribution is -2.30. The van der Waals surface area contributed by atoms with Gasteiger partial charge < -0.3 is 13.6 Å². The van der Waals surface area contributed by atoms with Crippen molar-refractivity contribution in [2.75, 3.05) is 0 Å². The summed E-state index contributed by atoms with van der Waals surface area (Å²) in [5, 5.41) is 0.901. The highest BCUT2D eigenvalue weighted by Crippen LogP contribution is 2.38. The lowest BCUT2D eigenvalue weighted by atomic mass is 9.88. The lowest BCUT2D eigenvalue weighted by Gasteiger charge is -2.21. The van der Waals surface area contributed by atoms with Crippen molar-refractivity contribution in [3.63, 3.8) is 0 Å². The van der Waals surface area contributed by atoms with Gasteiger partial charge in [-0.05, 0) is 25.5 Å². The summed E-state index contributed by atoms with van der Waals surface area (Å²) in [6, 6.07) is 8.46. The number of hydrogen-bond donors (Lipinski definition) is 0. The van der Waals surface area contributed by atoms with E-state index < -0.39 is 11.6 Å². The van der Waals surface area contributed by atoms with Gasteiger partial charge in [0.05, 0.1) is 23.1 Å². The molecule has 3 heterocycles. The summed E-state index contributed by atoms with van der Waals surface area (Å²) in [6.07, 6.45) is 5.92. The number of hydrogen-bond acceptors (Lipinski definition) is 5. The van der Waals surface area contributed by atoms with Crippen molar-refractivity contribution >= 4 is 22.3 Å². The van der Waals surface area contributed by atoms with Crippen molar-refractivity contribution < 1.29 is 14.0 Å². The van der Waals surface area contributed by atoms with Crippen LogP contribution in [0, 0.1) is 6.92 Å². The minimum Gasteiger partial charge on any atom is -0.459 e. The van der Waals surface area contributed by atoms with Crippen LogP contribution in [-0.4, -0.2) is 25.7 Å². The van der Waals surface area contributed by atoms with Crippen molar-refractivity contribution in [2.24, 2.45) is 0 Å². The van der Waals surface area contributed by atoms with E-state index >= 15 is 0 Å². The van der Waals surface area contributed by atoms with Crippen LogP contribution in [0.4, 0.5) is 0 Å². The van der Waals surface area contributed by atoms with Crippen molar-refractivity contribution in [2.45, 2.75) is 26.4 Å². The molecule has 1 aliphatic rings. The van der Waals surface area contributed by atoms with E-state index in [1.54, 1.807) is 54.3 Å². The number of carbonyl (C=O) groups excluding carboxylic acids is 2. The molecule has 0 saturated heterocycles. The van der Waals surface area contributed by atoms with Crippen LogP contribution in [0.1, 0.15) is 32.9 Å². The second kappa shape index (κ2) is 6.41. The van der Waals surface area contributed by atoms with Gasteiger partial charge in [0.15, 0.2) is 5.76 Å². The summed E-state index contributed by atoms with van der Waals surface area (Å²) in [7, 11) is 0. The summed E-state index contributed by atoms with van der Waals surface area (Å²) in [5.41, 5.74) is 0.659. The third kappa shape index (κ3) is 2.58. The fraction of sp³-hybridized carbons (Fsp3) is 0.182. The molecule has 0 atom stereocenters. The Morgan fingerprint density at radius 3 is 2.59 bits per heavy atom. The molecule has 29 heavy (non-hydrogen) atoms. The van der Waals surface area contributed by atoms with Gasteiger partial charge in [-0.1, -0.05) is 18.2 Å². The number of benzene rings is 1. The SMILES string of the molecule is Cc1cc2c(o1)-c1c(c3ccccc3c(=O)n1CCCn1ccnc1)C(=O)C2=O. The maximum absolute atomic E-state index is 13.3. The summed E-state index contributed by atoms with van der Waals surface area (Å²) < 4.78 is 9.30. The van der Waals surface area contributed by atoms with E-state index in [2.05, 4.69) is 4.98 Å². The second-order valence-corrected chi connectivity index (χ2v) is 7.14. The molecule has 0 radical (unpaired) electrons. The maximum atomic E-state index is 13.3. The van der Waals surface area contributed by atoms with Gasteiger partial charge in [-0.25, -0.2) is 4.98 Å². The molecule has 5 rings (SSSR count). The molecule has 7 heteroatoms. The molecule has 144 valence electrons. The Bertz CT molecular complexity index is 1340. The third-order valence-corrected chi connectivity index (χ3v) is 5.28. The first-order valence-electron chi connectivity index (χ1n) is 9.37. The Kier molecular flexibility index (Phi) is 3.84. The van der Waals surface area contributed by atoms with Crippen LogP contribution in [-0.2, 0) is 13.1 Å². The van der Waals surface area contributed by atoms with Crippen LogP contribution in [0.15, 0.2) is 58.3 Å². The van der Waals surface area contributed by atoms with Crippen LogP contribution in [0.5, 0.6) is 0 Å². The monoisotopic (exact) mass is 387 g/mol. The summed E-state index contributed by atoms with van der Waals surface area (Å²) in [6.45, 7) is 2.77. The number of nitrogens with zero attached hydrogens (tertiary/aromatic N) is 3. The van der Waals surface area contributed by atoms with E-state index in [4.69, 9.17) is 4.42 Å². The van der Waals surface area contributed by atoms with Crippen molar-refractivity contribution in [3.05, 3.63) is 76.3 Å². The quantitative estimate of drug-likeness (QED) is 0.502. The van der Waals surface area contributed by atoms with Gasteiger partial charge in [0.1, 0.15) is 5.76 Å². The Hall–Kier alpha value is -3.74. The average Bonchev–Trinajstić information content (AvgIpc) is 3.37. The molecule has 0 amide bonds. The zero-order valence-corrected chi connectivity index (χ0v) is 15.7. The lowest BCUT2D eigenvalue weighted by molar-refractivity contribution is 0.0815. The molecule has 0 fully saturated rings. The minimum absolute atomic E-state index is 0.202. The predicted molar refractivity (Wildman–Crippen MR) is 106 cm³/mol. The van der Waals surface area contributed by atoms with Crippen LogP contribution < -0.4 is 5.56 Å². The first kappa shape index (κ1) is 17.4. The predicted octanol–water partition coefficient (Wildman–Crippen LogP) is 3.24. The van der Waals surface area contributed by atoms with Crippen LogP contribution >= 0.6 is 0 Å². The van der Waals surface area contributed by atoms with E-state index in [-0.39, 0.29) is 16.7 Å². The molecule has 0 saturated carbocycles. The molecular formula is C22H17N3O4. The van der Waals surface area contributed by atoms with Gasteiger partial charge in [0.25, 0.3) is 5.56 Å². The minimum atomic E-state index is -0.604. The van der Waals surface area contributed by atoms with E-state index in [1.807, 2.05) is 10.8 Å². The largest absolute Gasteiger partial charge is 0.459 e. The molecule has 1 aromatic carbocycles. The first-order valence-corrected chi connectivity index (χ1v) is 9.37. The number of ketones is 2. The van der Waals surface area contributed by atoms with Gasteiger partial charge in [0, 0.05) is 36.3 Å². The zero-order chi connectivity index (χ0) is 20.1. The molecule has 4 aromatic rings. The van der Waals surface area contributed by atoms with E-state index in [0.717, 1.165) is 0 Å². The smallest absolute Gasteiger partial charge is 0.259 e. The maximum Gasteiger partial charge on any atom is 0.259 e. The molecule has 0 aliphatic heterocycles. The highest BCUT2D eigenvalue weighted by Gasteiger charge is 2.37. The van der Waals surface area contributed by atoms with Gasteiger partial charge in [-0.2, -0.15) is 0 Å². The molecule has 0 unspecified atom stereocenters. The van der Waals surface area contributed by atoms with Gasteiger partial charge in [-0.3, -0.25) is 14.4 Å². The van der Waals surface area contributed by atoms with Gasteiger partial charge >= 0.3 is 0 Å². The number of pyridine rings is 1. The normalized spacial score (nSPS) is 13.0. The van der Waals surface area contributed by atoms with Crippen LogP contribution in [0.3, 0.4) is 0 Å². The number of furan rings is 1. The van der Waals surface area contributed by atoms with Crippen LogP contribution in [0.2, 0.25) is 0 Å². The molecule has 1 aliphatic carbocycles.